The van der Waals surface area contributed by atoms with Crippen LogP contribution in [0.3, 0.4) is 0 Å². The number of ether oxygens (including phenoxy) is 2. The number of rotatable bonds is 1. The zero-order valence-electron chi connectivity index (χ0n) is 14.3. The molecule has 132 valence electrons. The van der Waals surface area contributed by atoms with E-state index in [2.05, 4.69) is 0 Å². The van der Waals surface area contributed by atoms with Gasteiger partial charge in [-0.2, -0.15) is 0 Å². The summed E-state index contributed by atoms with van der Waals surface area (Å²) in [5.41, 5.74) is 3.41. The molecule has 4 nitrogen and oxygen atoms in total. The first-order chi connectivity index (χ1) is 12.7. The third-order valence-electron chi connectivity index (χ3n) is 5.29. The molecule has 1 aliphatic heterocycles. The number of hydrogen-bond acceptors (Lipinski definition) is 3. The van der Waals surface area contributed by atoms with Gasteiger partial charge in [0.2, 0.25) is 6.79 Å². The van der Waals surface area contributed by atoms with Gasteiger partial charge >= 0.3 is 0 Å². The minimum atomic E-state index is -0.406. The third kappa shape index (κ3) is 2.30. The molecule has 0 spiro atoms. The highest BCUT2D eigenvalue weighted by atomic mass is 19.1. The lowest BCUT2D eigenvalue weighted by Crippen LogP contribution is -2.15. The Labute approximate surface area is 150 Å². The van der Waals surface area contributed by atoms with Crippen molar-refractivity contribution in [2.45, 2.75) is 32.1 Å². The zero-order valence-corrected chi connectivity index (χ0v) is 14.3. The van der Waals surface area contributed by atoms with E-state index in [0.717, 1.165) is 54.5 Å². The number of benzene rings is 2. The van der Waals surface area contributed by atoms with E-state index in [1.165, 1.54) is 17.7 Å². The number of fused-ring (bicyclic) bond motifs is 4. The molecule has 0 radical (unpaired) electrons. The lowest BCUT2D eigenvalue weighted by atomic mass is 10.1. The predicted molar refractivity (Wildman–Crippen MR) is 95.4 cm³/mol. The molecule has 0 saturated heterocycles. The van der Waals surface area contributed by atoms with Crippen molar-refractivity contribution < 1.29 is 18.7 Å². The topological polar surface area (TPSA) is 40.5 Å². The lowest BCUT2D eigenvalue weighted by molar-refractivity contribution is 0.0961. The normalized spacial score (nSPS) is 15.7. The van der Waals surface area contributed by atoms with Gasteiger partial charge < -0.3 is 9.47 Å². The average molecular weight is 351 g/mol. The molecule has 1 aliphatic carbocycles. The summed E-state index contributed by atoms with van der Waals surface area (Å²) in [7, 11) is 0. The second kappa shape index (κ2) is 5.87. The summed E-state index contributed by atoms with van der Waals surface area (Å²) in [5.74, 6) is 0.769. The first-order valence-corrected chi connectivity index (χ1v) is 8.98. The van der Waals surface area contributed by atoms with Crippen LogP contribution < -0.4 is 9.47 Å². The molecule has 2 aliphatic rings. The zero-order chi connectivity index (χ0) is 17.7. The van der Waals surface area contributed by atoms with Crippen molar-refractivity contribution >= 4 is 16.8 Å². The van der Waals surface area contributed by atoms with E-state index in [4.69, 9.17) is 9.47 Å². The Morgan fingerprint density at radius 1 is 1.00 bits per heavy atom. The fourth-order valence-corrected chi connectivity index (χ4v) is 4.09. The van der Waals surface area contributed by atoms with Gasteiger partial charge in [-0.15, -0.1) is 0 Å². The number of halogens is 1. The Hall–Kier alpha value is -2.82. The molecular weight excluding hydrogens is 333 g/mol. The average Bonchev–Trinajstić information content (AvgIpc) is 3.12. The van der Waals surface area contributed by atoms with Gasteiger partial charge in [-0.05, 0) is 55.5 Å². The van der Waals surface area contributed by atoms with E-state index in [0.29, 0.717) is 11.3 Å². The van der Waals surface area contributed by atoms with Crippen LogP contribution in [-0.2, 0) is 12.8 Å². The number of carbonyl (C=O) groups excluding carboxylic acids is 1. The van der Waals surface area contributed by atoms with Crippen molar-refractivity contribution in [1.82, 2.24) is 4.57 Å². The number of carbonyl (C=O) groups is 1. The number of aryl methyl sites for hydroxylation is 1. The summed E-state index contributed by atoms with van der Waals surface area (Å²) >= 11 is 0. The molecule has 0 N–H and O–H groups in total. The molecule has 0 atom stereocenters. The molecule has 2 heterocycles. The second-order valence-electron chi connectivity index (χ2n) is 6.86. The monoisotopic (exact) mass is 351 g/mol. The van der Waals surface area contributed by atoms with Gasteiger partial charge in [0.1, 0.15) is 5.82 Å². The molecule has 2 aromatic carbocycles. The third-order valence-corrected chi connectivity index (χ3v) is 5.29. The fourth-order valence-electron chi connectivity index (χ4n) is 4.09. The van der Waals surface area contributed by atoms with Crippen molar-refractivity contribution in [2.24, 2.45) is 0 Å². The first-order valence-electron chi connectivity index (χ1n) is 8.98. The lowest BCUT2D eigenvalue weighted by Gasteiger charge is -2.10. The second-order valence-corrected chi connectivity index (χ2v) is 6.86. The van der Waals surface area contributed by atoms with Gasteiger partial charge in [0, 0.05) is 22.7 Å². The summed E-state index contributed by atoms with van der Waals surface area (Å²) in [6.07, 6.45) is 5.09. The van der Waals surface area contributed by atoms with Gasteiger partial charge in [0.25, 0.3) is 5.91 Å². The van der Waals surface area contributed by atoms with E-state index in [1.54, 1.807) is 16.7 Å². The smallest absolute Gasteiger partial charge is 0.262 e. The van der Waals surface area contributed by atoms with Crippen LogP contribution in [0.15, 0.2) is 36.4 Å². The van der Waals surface area contributed by atoms with E-state index in [1.807, 2.05) is 12.1 Å². The maximum atomic E-state index is 13.7. The van der Waals surface area contributed by atoms with Crippen LogP contribution >= 0.6 is 0 Å². The summed E-state index contributed by atoms with van der Waals surface area (Å²) < 4.78 is 26.5. The van der Waals surface area contributed by atoms with Crippen molar-refractivity contribution in [1.29, 1.82) is 0 Å². The number of aromatic nitrogens is 1. The quantitative estimate of drug-likeness (QED) is 0.608. The van der Waals surface area contributed by atoms with Crippen LogP contribution in [0.4, 0.5) is 4.39 Å². The van der Waals surface area contributed by atoms with Gasteiger partial charge in [0.15, 0.2) is 11.5 Å². The summed E-state index contributed by atoms with van der Waals surface area (Å²) in [4.78, 5) is 13.3. The minimum Gasteiger partial charge on any atom is -0.454 e. The van der Waals surface area contributed by atoms with Crippen molar-refractivity contribution in [3.05, 3.63) is 59.0 Å². The van der Waals surface area contributed by atoms with Crippen LogP contribution in [0.1, 0.15) is 40.9 Å². The molecular formula is C21H18FNO3. The van der Waals surface area contributed by atoms with Crippen LogP contribution in [0, 0.1) is 5.82 Å². The van der Waals surface area contributed by atoms with Gasteiger partial charge in [-0.1, -0.05) is 12.5 Å². The standard InChI is InChI=1S/C21H18FNO3/c22-14-6-4-5-13(9-14)21(24)23-17-8-3-1-2-7-15(17)16-10-19-20(11-18(16)23)26-12-25-19/h4-6,9-11H,1-3,7-8,12H2. The largest absolute Gasteiger partial charge is 0.454 e. The Bertz CT molecular complexity index is 1040. The van der Waals surface area contributed by atoms with Crippen LogP contribution in [0.2, 0.25) is 0 Å². The minimum absolute atomic E-state index is 0.196. The molecule has 0 fully saturated rings. The number of hydrogen-bond donors (Lipinski definition) is 0. The summed E-state index contributed by atoms with van der Waals surface area (Å²) in [6.45, 7) is 0.196. The predicted octanol–water partition coefficient (Wildman–Crippen LogP) is 4.47. The molecule has 0 saturated carbocycles. The Morgan fingerprint density at radius 3 is 2.65 bits per heavy atom. The highest BCUT2D eigenvalue weighted by Crippen LogP contribution is 2.41. The molecule has 3 aromatic rings. The molecule has 5 heteroatoms. The maximum absolute atomic E-state index is 13.7. The Morgan fingerprint density at radius 2 is 1.81 bits per heavy atom. The van der Waals surface area contributed by atoms with E-state index in [9.17, 15) is 9.18 Å². The van der Waals surface area contributed by atoms with E-state index >= 15 is 0 Å². The van der Waals surface area contributed by atoms with Gasteiger partial charge in [-0.3, -0.25) is 9.36 Å². The summed E-state index contributed by atoms with van der Waals surface area (Å²) in [6, 6.07) is 9.74. The summed E-state index contributed by atoms with van der Waals surface area (Å²) in [5, 5.41) is 1.04. The SMILES string of the molecule is O=C(c1cccc(F)c1)n1c2c(c3cc4c(cc31)OCO4)CCCCC2. The van der Waals surface area contributed by atoms with E-state index < -0.39 is 5.82 Å². The Balaban J connectivity index is 1.77. The molecule has 26 heavy (non-hydrogen) atoms. The van der Waals surface area contributed by atoms with Gasteiger partial charge in [0.05, 0.1) is 5.52 Å². The molecule has 0 unspecified atom stereocenters. The van der Waals surface area contributed by atoms with Crippen molar-refractivity contribution in [3.8, 4) is 11.5 Å². The highest BCUT2D eigenvalue weighted by molar-refractivity contribution is 6.04. The fraction of sp³-hybridized carbons (Fsp3) is 0.286. The van der Waals surface area contributed by atoms with Crippen LogP contribution in [0.25, 0.3) is 10.9 Å². The highest BCUT2D eigenvalue weighted by Gasteiger charge is 2.26. The Kier molecular flexibility index (Phi) is 3.48. The molecule has 1 aromatic heterocycles. The molecule has 5 rings (SSSR count). The molecule has 0 bridgehead atoms. The van der Waals surface area contributed by atoms with Gasteiger partial charge in [-0.25, -0.2) is 4.39 Å². The molecule has 0 amide bonds. The van der Waals surface area contributed by atoms with Crippen molar-refractivity contribution in [2.75, 3.05) is 6.79 Å². The first kappa shape index (κ1) is 15.4. The maximum Gasteiger partial charge on any atom is 0.262 e. The van der Waals surface area contributed by atoms with Crippen molar-refractivity contribution in [3.63, 3.8) is 0 Å². The number of nitrogens with zero attached hydrogens (tertiary/aromatic N) is 1. The van der Waals surface area contributed by atoms with Crippen LogP contribution in [-0.4, -0.2) is 17.3 Å². The van der Waals surface area contributed by atoms with E-state index in [-0.39, 0.29) is 12.7 Å². The van der Waals surface area contributed by atoms with Crippen LogP contribution in [0.5, 0.6) is 11.5 Å².